The number of hydrogen-bond acceptors (Lipinski definition) is 5. The summed E-state index contributed by atoms with van der Waals surface area (Å²) in [6.07, 6.45) is 3.30. The fraction of sp³-hybridized carbons (Fsp3) is 0.438. The van der Waals surface area contributed by atoms with Crippen LogP contribution in [0.3, 0.4) is 0 Å². The van der Waals surface area contributed by atoms with Gasteiger partial charge in [0.2, 0.25) is 0 Å². The largest absolute Gasteiger partial charge is 0.497 e. The van der Waals surface area contributed by atoms with Crippen LogP contribution in [-0.2, 0) is 19.2 Å². The Kier molecular flexibility index (Phi) is 5.74. The molecule has 1 heterocycles. The van der Waals surface area contributed by atoms with Gasteiger partial charge < -0.3 is 19.9 Å². The van der Waals surface area contributed by atoms with Crippen LogP contribution in [0.2, 0.25) is 0 Å². The van der Waals surface area contributed by atoms with Crippen LogP contribution in [0.1, 0.15) is 18.1 Å². The number of halogens is 2. The molecule has 2 rings (SSSR count). The van der Waals surface area contributed by atoms with Crippen molar-refractivity contribution in [3.63, 3.8) is 0 Å². The molecule has 1 unspecified atom stereocenters. The zero-order valence-electron chi connectivity index (χ0n) is 13.8. The second kappa shape index (κ2) is 7.59. The highest BCUT2D eigenvalue weighted by atomic mass is 19.3. The summed E-state index contributed by atoms with van der Waals surface area (Å²) in [4.78, 5) is 0. The number of alkyl halides is 2. The van der Waals surface area contributed by atoms with E-state index in [1.807, 2.05) is 0 Å². The van der Waals surface area contributed by atoms with Crippen LogP contribution in [0.15, 0.2) is 30.6 Å². The van der Waals surface area contributed by atoms with Crippen LogP contribution in [0.4, 0.5) is 8.78 Å². The van der Waals surface area contributed by atoms with Crippen LogP contribution < -0.4 is 14.8 Å². The monoisotopic (exact) mass is 341 g/mol. The summed E-state index contributed by atoms with van der Waals surface area (Å²) in [5.41, 5.74) is 0.0282. The smallest absolute Gasteiger partial charge is 0.387 e. The number of aliphatic hydroxyl groups is 1. The average molecular weight is 341 g/mol. The van der Waals surface area contributed by atoms with Crippen LogP contribution >= 0.6 is 0 Å². The van der Waals surface area contributed by atoms with Gasteiger partial charge in [-0.25, -0.2) is 0 Å². The lowest BCUT2D eigenvalue weighted by atomic mass is 9.99. The van der Waals surface area contributed by atoms with Gasteiger partial charge in [-0.2, -0.15) is 13.9 Å². The van der Waals surface area contributed by atoms with Crippen molar-refractivity contribution < 1.29 is 23.4 Å². The second-order valence-electron chi connectivity index (χ2n) is 5.63. The van der Waals surface area contributed by atoms with E-state index >= 15 is 0 Å². The van der Waals surface area contributed by atoms with Gasteiger partial charge >= 0.3 is 6.61 Å². The first-order chi connectivity index (χ1) is 11.3. The number of nitrogens with one attached hydrogen (secondary N) is 1. The third-order valence-corrected chi connectivity index (χ3v) is 3.60. The van der Waals surface area contributed by atoms with Gasteiger partial charge in [0, 0.05) is 37.5 Å². The molecular formula is C16H21F2N3O3. The van der Waals surface area contributed by atoms with Gasteiger partial charge in [-0.15, -0.1) is 0 Å². The Morgan fingerprint density at radius 1 is 1.42 bits per heavy atom. The van der Waals surface area contributed by atoms with Gasteiger partial charge in [-0.3, -0.25) is 4.68 Å². The molecule has 0 bridgehead atoms. The molecule has 1 aromatic carbocycles. The zero-order chi connectivity index (χ0) is 17.7. The maximum absolute atomic E-state index is 12.5. The van der Waals surface area contributed by atoms with E-state index in [0.29, 0.717) is 16.9 Å². The van der Waals surface area contributed by atoms with Crippen molar-refractivity contribution in [2.24, 2.45) is 7.05 Å². The molecule has 0 fully saturated rings. The predicted octanol–water partition coefficient (Wildman–Crippen LogP) is 2.03. The minimum Gasteiger partial charge on any atom is -0.497 e. The van der Waals surface area contributed by atoms with Crippen LogP contribution in [-0.4, -0.2) is 35.2 Å². The number of benzene rings is 1. The van der Waals surface area contributed by atoms with E-state index in [-0.39, 0.29) is 18.8 Å². The SMILES string of the molecule is COc1ccc(OC(F)F)c(CNCC(C)(O)c2cnn(C)c2)c1. The number of nitrogens with zero attached hydrogens (tertiary/aromatic N) is 2. The molecular weight excluding hydrogens is 320 g/mol. The van der Waals surface area contributed by atoms with Gasteiger partial charge in [0.25, 0.3) is 0 Å². The highest BCUT2D eigenvalue weighted by Gasteiger charge is 2.24. The molecule has 0 saturated carbocycles. The molecule has 132 valence electrons. The third-order valence-electron chi connectivity index (χ3n) is 3.60. The number of rotatable bonds is 8. The van der Waals surface area contributed by atoms with Crippen molar-refractivity contribution in [1.82, 2.24) is 15.1 Å². The summed E-state index contributed by atoms with van der Waals surface area (Å²) in [5.74, 6) is 0.603. The van der Waals surface area contributed by atoms with E-state index < -0.39 is 12.2 Å². The Bertz CT molecular complexity index is 674. The second-order valence-corrected chi connectivity index (χ2v) is 5.63. The normalized spacial score (nSPS) is 13.8. The molecule has 0 aliphatic rings. The molecule has 1 atom stereocenters. The van der Waals surface area contributed by atoms with Gasteiger partial charge in [0.05, 0.1) is 13.3 Å². The first kappa shape index (κ1) is 18.2. The van der Waals surface area contributed by atoms with E-state index in [0.717, 1.165) is 0 Å². The van der Waals surface area contributed by atoms with Gasteiger partial charge in [-0.05, 0) is 25.1 Å². The molecule has 6 nitrogen and oxygen atoms in total. The predicted molar refractivity (Wildman–Crippen MR) is 84.1 cm³/mol. The Labute approximate surface area is 139 Å². The fourth-order valence-corrected chi connectivity index (χ4v) is 2.27. The van der Waals surface area contributed by atoms with Gasteiger partial charge in [0.15, 0.2) is 0 Å². The maximum atomic E-state index is 12.5. The zero-order valence-corrected chi connectivity index (χ0v) is 13.8. The summed E-state index contributed by atoms with van der Waals surface area (Å²) in [6, 6.07) is 4.60. The number of aromatic nitrogens is 2. The molecule has 2 aromatic rings. The molecule has 0 amide bonds. The molecule has 24 heavy (non-hydrogen) atoms. The minimum atomic E-state index is -2.91. The van der Waals surface area contributed by atoms with Crippen molar-refractivity contribution in [2.75, 3.05) is 13.7 Å². The molecule has 0 aliphatic heterocycles. The standard InChI is InChI=1S/C16H21F2N3O3/c1-16(22,12-8-20-21(2)9-12)10-19-7-11-6-13(23-3)4-5-14(11)24-15(17)18/h4-6,8-9,15,19,22H,7,10H2,1-3H3. The van der Waals surface area contributed by atoms with Gasteiger partial charge in [0.1, 0.15) is 17.1 Å². The van der Waals surface area contributed by atoms with Crippen LogP contribution in [0.5, 0.6) is 11.5 Å². The molecule has 0 saturated heterocycles. The number of methoxy groups -OCH3 is 1. The number of aryl methyl sites for hydroxylation is 1. The summed E-state index contributed by atoms with van der Waals surface area (Å²) >= 11 is 0. The summed E-state index contributed by atoms with van der Waals surface area (Å²) in [5, 5.41) is 17.6. The number of hydrogen-bond donors (Lipinski definition) is 2. The van der Waals surface area contributed by atoms with Crippen molar-refractivity contribution >= 4 is 0 Å². The summed E-state index contributed by atoms with van der Waals surface area (Å²) < 4.78 is 36.2. The minimum absolute atomic E-state index is 0.0688. The summed E-state index contributed by atoms with van der Waals surface area (Å²) in [6.45, 7) is -0.811. The van der Waals surface area contributed by atoms with E-state index in [1.54, 1.807) is 43.2 Å². The Morgan fingerprint density at radius 2 is 2.17 bits per heavy atom. The lowest BCUT2D eigenvalue weighted by Gasteiger charge is -2.23. The first-order valence-electron chi connectivity index (χ1n) is 7.36. The Morgan fingerprint density at radius 3 is 2.75 bits per heavy atom. The summed E-state index contributed by atoms with van der Waals surface area (Å²) in [7, 11) is 3.25. The molecule has 1 aromatic heterocycles. The van der Waals surface area contributed by atoms with Crippen LogP contribution in [0, 0.1) is 0 Å². The Hall–Kier alpha value is -2.19. The number of ether oxygens (including phenoxy) is 2. The first-order valence-corrected chi connectivity index (χ1v) is 7.36. The van der Waals surface area contributed by atoms with Crippen molar-refractivity contribution in [2.45, 2.75) is 25.7 Å². The van der Waals surface area contributed by atoms with Crippen molar-refractivity contribution in [1.29, 1.82) is 0 Å². The van der Waals surface area contributed by atoms with Crippen molar-refractivity contribution in [3.8, 4) is 11.5 Å². The van der Waals surface area contributed by atoms with Crippen LogP contribution in [0.25, 0.3) is 0 Å². The van der Waals surface area contributed by atoms with Crippen molar-refractivity contribution in [3.05, 3.63) is 41.7 Å². The van der Waals surface area contributed by atoms with E-state index in [2.05, 4.69) is 15.2 Å². The van der Waals surface area contributed by atoms with E-state index in [9.17, 15) is 13.9 Å². The highest BCUT2D eigenvalue weighted by Crippen LogP contribution is 2.26. The highest BCUT2D eigenvalue weighted by molar-refractivity contribution is 5.40. The fourth-order valence-electron chi connectivity index (χ4n) is 2.27. The molecule has 2 N–H and O–H groups in total. The third kappa shape index (κ3) is 4.65. The average Bonchev–Trinajstić information content (AvgIpc) is 2.95. The molecule has 0 radical (unpaired) electrons. The molecule has 0 spiro atoms. The molecule has 8 heteroatoms. The van der Waals surface area contributed by atoms with E-state index in [4.69, 9.17) is 4.74 Å². The van der Waals surface area contributed by atoms with Gasteiger partial charge in [-0.1, -0.05) is 0 Å². The maximum Gasteiger partial charge on any atom is 0.387 e. The van der Waals surface area contributed by atoms with E-state index in [1.165, 1.54) is 13.2 Å². The quantitative estimate of drug-likeness (QED) is 0.769. The lowest BCUT2D eigenvalue weighted by molar-refractivity contribution is -0.0506. The lowest BCUT2D eigenvalue weighted by Crippen LogP contribution is -2.35. The molecule has 0 aliphatic carbocycles. The Balaban J connectivity index is 2.05. The topological polar surface area (TPSA) is 68.5 Å².